The number of ether oxygens (including phenoxy) is 1. The zero-order valence-corrected chi connectivity index (χ0v) is 11.1. The average Bonchev–Trinajstić information content (AvgIpc) is 2.44. The van der Waals surface area contributed by atoms with E-state index in [1.54, 1.807) is 6.92 Å². The Kier molecular flexibility index (Phi) is 5.40. The van der Waals surface area contributed by atoms with E-state index in [2.05, 4.69) is 5.32 Å². The molecule has 0 radical (unpaired) electrons. The smallest absolute Gasteiger partial charge is 0.330 e. The van der Waals surface area contributed by atoms with E-state index < -0.39 is 16.8 Å². The van der Waals surface area contributed by atoms with Gasteiger partial charge in [0, 0.05) is 30.8 Å². The summed E-state index contributed by atoms with van der Waals surface area (Å²) in [5.41, 5.74) is 0.339. The number of carbonyl (C=O) groups excluding carboxylic acids is 2. The zero-order chi connectivity index (χ0) is 15.1. The fraction of sp³-hybridized carbons (Fsp3) is 0.231. The van der Waals surface area contributed by atoms with Gasteiger partial charge in [-0.05, 0) is 24.6 Å². The molecule has 0 atom stereocenters. The van der Waals surface area contributed by atoms with Crippen molar-refractivity contribution in [2.24, 2.45) is 0 Å². The first-order valence-corrected chi connectivity index (χ1v) is 5.85. The SMILES string of the molecule is CCOC(=O)/C=C/c1cc([N+](=O)[O-])ccc1C(=O)NC. The first kappa shape index (κ1) is 15.4. The minimum absolute atomic E-state index is 0.166. The van der Waals surface area contributed by atoms with Crippen LogP contribution >= 0.6 is 0 Å². The van der Waals surface area contributed by atoms with E-state index in [4.69, 9.17) is 4.74 Å². The number of nitrogens with one attached hydrogen (secondary N) is 1. The first-order valence-electron chi connectivity index (χ1n) is 5.85. The van der Waals surface area contributed by atoms with Gasteiger partial charge in [-0.3, -0.25) is 14.9 Å². The predicted molar refractivity (Wildman–Crippen MR) is 72.2 cm³/mol. The third kappa shape index (κ3) is 3.91. The number of rotatable bonds is 5. The van der Waals surface area contributed by atoms with Gasteiger partial charge in [0.15, 0.2) is 0 Å². The van der Waals surface area contributed by atoms with Gasteiger partial charge >= 0.3 is 5.97 Å². The largest absolute Gasteiger partial charge is 0.463 e. The molecule has 1 rings (SSSR count). The molecule has 106 valence electrons. The molecule has 0 saturated heterocycles. The van der Waals surface area contributed by atoms with Crippen LogP contribution in [0.15, 0.2) is 24.3 Å². The molecule has 1 amide bonds. The lowest BCUT2D eigenvalue weighted by Crippen LogP contribution is -2.19. The van der Waals surface area contributed by atoms with Gasteiger partial charge in [0.05, 0.1) is 11.5 Å². The van der Waals surface area contributed by atoms with Crippen LogP contribution in [0.4, 0.5) is 5.69 Å². The van der Waals surface area contributed by atoms with Crippen LogP contribution in [0.3, 0.4) is 0 Å². The van der Waals surface area contributed by atoms with Gasteiger partial charge in [-0.1, -0.05) is 0 Å². The predicted octanol–water partition coefficient (Wildman–Crippen LogP) is 1.53. The third-order valence-electron chi connectivity index (χ3n) is 2.40. The molecule has 0 aromatic heterocycles. The Morgan fingerprint density at radius 3 is 2.70 bits per heavy atom. The Bertz CT molecular complexity index is 566. The van der Waals surface area contributed by atoms with Crippen molar-refractivity contribution in [3.63, 3.8) is 0 Å². The normalized spacial score (nSPS) is 10.3. The number of esters is 1. The standard InChI is InChI=1S/C13H14N2O5/c1-3-20-12(16)7-4-9-8-10(15(18)19)5-6-11(9)13(17)14-2/h4-8H,3H2,1-2H3,(H,14,17)/b7-4+. The topological polar surface area (TPSA) is 98.5 Å². The minimum atomic E-state index is -0.582. The van der Waals surface area contributed by atoms with Crippen LogP contribution in [-0.2, 0) is 9.53 Å². The molecule has 20 heavy (non-hydrogen) atoms. The van der Waals surface area contributed by atoms with Gasteiger partial charge in [0.1, 0.15) is 0 Å². The number of nitro groups is 1. The molecular weight excluding hydrogens is 264 g/mol. The molecule has 0 spiro atoms. The molecule has 0 aliphatic carbocycles. The van der Waals surface area contributed by atoms with Gasteiger partial charge in [-0.15, -0.1) is 0 Å². The summed E-state index contributed by atoms with van der Waals surface area (Å²) in [6, 6.07) is 3.79. The van der Waals surface area contributed by atoms with Gasteiger partial charge in [0.2, 0.25) is 0 Å². The maximum atomic E-state index is 11.7. The Morgan fingerprint density at radius 2 is 2.15 bits per heavy atom. The Hall–Kier alpha value is -2.70. The van der Waals surface area contributed by atoms with E-state index >= 15 is 0 Å². The van der Waals surface area contributed by atoms with Gasteiger partial charge in [-0.2, -0.15) is 0 Å². The Morgan fingerprint density at radius 1 is 1.45 bits per heavy atom. The van der Waals surface area contributed by atoms with E-state index in [9.17, 15) is 19.7 Å². The van der Waals surface area contributed by atoms with E-state index in [1.807, 2.05) is 0 Å². The Labute approximate surface area is 115 Å². The van der Waals surface area contributed by atoms with Crippen molar-refractivity contribution in [1.82, 2.24) is 5.32 Å². The van der Waals surface area contributed by atoms with Gasteiger partial charge in [0.25, 0.3) is 11.6 Å². The summed E-state index contributed by atoms with van der Waals surface area (Å²) >= 11 is 0. The molecule has 0 heterocycles. The van der Waals surface area contributed by atoms with Crippen molar-refractivity contribution >= 4 is 23.6 Å². The fourth-order valence-corrected chi connectivity index (χ4v) is 1.49. The monoisotopic (exact) mass is 278 g/mol. The number of amides is 1. The quantitative estimate of drug-likeness (QED) is 0.381. The zero-order valence-electron chi connectivity index (χ0n) is 11.1. The first-order chi connectivity index (χ1) is 9.49. The van der Waals surface area contributed by atoms with E-state index in [0.717, 1.165) is 6.08 Å². The van der Waals surface area contributed by atoms with Crippen LogP contribution in [0.2, 0.25) is 0 Å². The molecule has 1 aromatic carbocycles. The summed E-state index contributed by atoms with van der Waals surface area (Å²) in [6.07, 6.45) is 2.44. The molecule has 0 bridgehead atoms. The van der Waals surface area contributed by atoms with Crippen LogP contribution in [-0.4, -0.2) is 30.5 Å². The van der Waals surface area contributed by atoms with Crippen molar-refractivity contribution in [2.75, 3.05) is 13.7 Å². The lowest BCUT2D eigenvalue weighted by molar-refractivity contribution is -0.384. The lowest BCUT2D eigenvalue weighted by Gasteiger charge is -2.04. The fourth-order valence-electron chi connectivity index (χ4n) is 1.49. The molecule has 7 nitrogen and oxygen atoms in total. The van der Waals surface area contributed by atoms with Crippen molar-refractivity contribution < 1.29 is 19.2 Å². The van der Waals surface area contributed by atoms with Crippen LogP contribution in [0.25, 0.3) is 6.08 Å². The summed E-state index contributed by atoms with van der Waals surface area (Å²) < 4.78 is 4.71. The van der Waals surface area contributed by atoms with E-state index in [0.29, 0.717) is 0 Å². The minimum Gasteiger partial charge on any atom is -0.463 e. The highest BCUT2D eigenvalue weighted by molar-refractivity contribution is 5.99. The maximum Gasteiger partial charge on any atom is 0.330 e. The highest BCUT2D eigenvalue weighted by Gasteiger charge is 2.13. The lowest BCUT2D eigenvalue weighted by atomic mass is 10.1. The molecule has 0 saturated carbocycles. The summed E-state index contributed by atoms with van der Waals surface area (Å²) in [6.45, 7) is 1.88. The Balaban J connectivity index is 3.18. The summed E-state index contributed by atoms with van der Waals surface area (Å²) in [5.74, 6) is -0.981. The highest BCUT2D eigenvalue weighted by Crippen LogP contribution is 2.19. The van der Waals surface area contributed by atoms with Crippen molar-refractivity contribution in [2.45, 2.75) is 6.92 Å². The van der Waals surface area contributed by atoms with Crippen LogP contribution in [0, 0.1) is 10.1 Å². The van der Waals surface area contributed by atoms with Gasteiger partial charge < -0.3 is 10.1 Å². The number of nitrogens with zero attached hydrogens (tertiary/aromatic N) is 1. The highest BCUT2D eigenvalue weighted by atomic mass is 16.6. The van der Waals surface area contributed by atoms with E-state index in [1.165, 1.54) is 31.3 Å². The maximum absolute atomic E-state index is 11.7. The molecule has 7 heteroatoms. The number of carbonyl (C=O) groups is 2. The average molecular weight is 278 g/mol. The second-order valence-electron chi connectivity index (χ2n) is 3.69. The van der Waals surface area contributed by atoms with Gasteiger partial charge in [-0.25, -0.2) is 4.79 Å². The van der Waals surface area contributed by atoms with Crippen LogP contribution in [0.1, 0.15) is 22.8 Å². The number of hydrogen-bond acceptors (Lipinski definition) is 5. The third-order valence-corrected chi connectivity index (χ3v) is 2.40. The molecule has 0 aliphatic rings. The van der Waals surface area contributed by atoms with Crippen molar-refractivity contribution in [1.29, 1.82) is 0 Å². The molecule has 0 aliphatic heterocycles. The summed E-state index contributed by atoms with van der Waals surface area (Å²) in [5, 5.41) is 13.2. The summed E-state index contributed by atoms with van der Waals surface area (Å²) in [7, 11) is 1.45. The second kappa shape index (κ2) is 7.03. The molecule has 1 N–H and O–H groups in total. The number of nitro benzene ring substituents is 1. The van der Waals surface area contributed by atoms with Crippen molar-refractivity contribution in [3.05, 3.63) is 45.5 Å². The number of benzene rings is 1. The molecule has 0 unspecified atom stereocenters. The molecule has 0 fully saturated rings. The van der Waals surface area contributed by atoms with Crippen molar-refractivity contribution in [3.8, 4) is 0 Å². The number of non-ortho nitro benzene ring substituents is 1. The molecule has 1 aromatic rings. The second-order valence-corrected chi connectivity index (χ2v) is 3.69. The molecular formula is C13H14N2O5. The van der Waals surface area contributed by atoms with Crippen LogP contribution < -0.4 is 5.32 Å². The van der Waals surface area contributed by atoms with Crippen LogP contribution in [0.5, 0.6) is 0 Å². The summed E-state index contributed by atoms with van der Waals surface area (Å²) in [4.78, 5) is 33.1. The van der Waals surface area contributed by atoms with E-state index in [-0.39, 0.29) is 23.4 Å². The number of hydrogen-bond donors (Lipinski definition) is 1.